The van der Waals surface area contributed by atoms with Crippen molar-refractivity contribution in [3.8, 4) is 0 Å². The Balaban J connectivity index is 1.71. The summed E-state index contributed by atoms with van der Waals surface area (Å²) < 4.78 is 0. The summed E-state index contributed by atoms with van der Waals surface area (Å²) in [6.07, 6.45) is 3.20. The largest absolute Gasteiger partial charge is 0.391 e. The third-order valence-corrected chi connectivity index (χ3v) is 3.42. The van der Waals surface area contributed by atoms with E-state index in [1.165, 1.54) is 19.3 Å². The summed E-state index contributed by atoms with van der Waals surface area (Å²) in [4.78, 5) is 7.41. The van der Waals surface area contributed by atoms with Crippen LogP contribution in [0.4, 0.5) is 0 Å². The van der Waals surface area contributed by atoms with Crippen molar-refractivity contribution >= 4 is 5.84 Å². The number of piperidine rings is 1. The lowest BCUT2D eigenvalue weighted by molar-refractivity contribution is 0.0157. The molecule has 1 aliphatic rings. The zero-order chi connectivity index (χ0) is 14.2. The lowest BCUT2D eigenvalue weighted by Gasteiger charge is -2.27. The normalized spacial score (nSPS) is 18.8. The summed E-state index contributed by atoms with van der Waals surface area (Å²) in [7, 11) is 0. The van der Waals surface area contributed by atoms with Gasteiger partial charge in [0.1, 0.15) is 12.7 Å². The standard InChI is InChI=1S/C15H23N3O2/c16-15(13-7-3-1-4-8-13)17-20-12-14(19)11-18-9-5-2-6-10-18/h1,3-4,7-8,14,19H,2,5-6,9-12H2,(H2,16,17). The summed E-state index contributed by atoms with van der Waals surface area (Å²) in [5.74, 6) is 0.329. The molecule has 5 nitrogen and oxygen atoms in total. The van der Waals surface area contributed by atoms with Gasteiger partial charge < -0.3 is 20.6 Å². The van der Waals surface area contributed by atoms with Gasteiger partial charge in [0.2, 0.25) is 0 Å². The van der Waals surface area contributed by atoms with Crippen molar-refractivity contribution in [3.63, 3.8) is 0 Å². The van der Waals surface area contributed by atoms with Crippen LogP contribution in [-0.4, -0.2) is 48.2 Å². The fourth-order valence-corrected chi connectivity index (χ4v) is 2.35. The molecule has 0 amide bonds. The van der Waals surface area contributed by atoms with Crippen LogP contribution < -0.4 is 5.73 Å². The van der Waals surface area contributed by atoms with Crippen molar-refractivity contribution in [1.82, 2.24) is 4.90 Å². The first kappa shape index (κ1) is 14.8. The van der Waals surface area contributed by atoms with Crippen molar-refractivity contribution in [2.75, 3.05) is 26.2 Å². The minimum absolute atomic E-state index is 0.171. The average Bonchev–Trinajstić information content (AvgIpc) is 2.49. The van der Waals surface area contributed by atoms with Crippen LogP contribution in [0, 0.1) is 0 Å². The second-order valence-electron chi connectivity index (χ2n) is 5.15. The molecule has 1 fully saturated rings. The molecule has 0 spiro atoms. The van der Waals surface area contributed by atoms with E-state index in [1.54, 1.807) is 0 Å². The molecular weight excluding hydrogens is 254 g/mol. The van der Waals surface area contributed by atoms with E-state index < -0.39 is 6.10 Å². The highest BCUT2D eigenvalue weighted by molar-refractivity contribution is 5.96. The number of nitrogens with two attached hydrogens (primary N) is 1. The summed E-state index contributed by atoms with van der Waals surface area (Å²) in [5, 5.41) is 13.8. The molecule has 0 aliphatic carbocycles. The fourth-order valence-electron chi connectivity index (χ4n) is 2.35. The minimum atomic E-state index is -0.527. The van der Waals surface area contributed by atoms with Gasteiger partial charge in [0.05, 0.1) is 0 Å². The Hall–Kier alpha value is -1.59. The fraction of sp³-hybridized carbons (Fsp3) is 0.533. The summed E-state index contributed by atoms with van der Waals surface area (Å²) in [6, 6.07) is 9.44. The molecule has 20 heavy (non-hydrogen) atoms. The number of hydrogen-bond donors (Lipinski definition) is 2. The minimum Gasteiger partial charge on any atom is -0.391 e. The summed E-state index contributed by atoms with van der Waals surface area (Å²) in [5.41, 5.74) is 6.62. The first-order valence-corrected chi connectivity index (χ1v) is 7.17. The Morgan fingerprint density at radius 2 is 1.95 bits per heavy atom. The second kappa shape index (κ2) is 7.87. The molecule has 0 radical (unpaired) electrons. The van der Waals surface area contributed by atoms with Gasteiger partial charge in [-0.3, -0.25) is 0 Å². The molecule has 0 saturated carbocycles. The Bertz CT molecular complexity index is 416. The van der Waals surface area contributed by atoms with Crippen LogP contribution >= 0.6 is 0 Å². The van der Waals surface area contributed by atoms with Gasteiger partial charge in [0, 0.05) is 12.1 Å². The van der Waals surface area contributed by atoms with Crippen molar-refractivity contribution in [2.45, 2.75) is 25.4 Å². The smallest absolute Gasteiger partial charge is 0.170 e. The molecule has 1 unspecified atom stereocenters. The monoisotopic (exact) mass is 277 g/mol. The van der Waals surface area contributed by atoms with E-state index in [1.807, 2.05) is 30.3 Å². The molecule has 1 saturated heterocycles. The van der Waals surface area contributed by atoms with Crippen molar-refractivity contribution in [3.05, 3.63) is 35.9 Å². The number of rotatable bonds is 6. The van der Waals surface area contributed by atoms with Crippen molar-refractivity contribution in [1.29, 1.82) is 0 Å². The lowest BCUT2D eigenvalue weighted by Crippen LogP contribution is -2.38. The van der Waals surface area contributed by atoms with E-state index in [9.17, 15) is 5.11 Å². The van der Waals surface area contributed by atoms with Gasteiger partial charge in [-0.1, -0.05) is 41.9 Å². The van der Waals surface area contributed by atoms with Crippen LogP contribution in [0.3, 0.4) is 0 Å². The number of hydrogen-bond acceptors (Lipinski definition) is 4. The number of aliphatic hydroxyl groups excluding tert-OH is 1. The van der Waals surface area contributed by atoms with Crippen molar-refractivity contribution in [2.24, 2.45) is 10.9 Å². The Morgan fingerprint density at radius 3 is 2.65 bits per heavy atom. The zero-order valence-electron chi connectivity index (χ0n) is 11.7. The Morgan fingerprint density at radius 1 is 1.25 bits per heavy atom. The highest BCUT2D eigenvalue weighted by atomic mass is 16.6. The van der Waals surface area contributed by atoms with Gasteiger partial charge in [0.15, 0.2) is 5.84 Å². The molecule has 1 aromatic carbocycles. The van der Waals surface area contributed by atoms with Crippen LogP contribution in [-0.2, 0) is 4.84 Å². The zero-order valence-corrected chi connectivity index (χ0v) is 11.7. The van der Waals surface area contributed by atoms with Gasteiger partial charge in [-0.05, 0) is 25.9 Å². The molecule has 1 aliphatic heterocycles. The number of nitrogens with zero attached hydrogens (tertiary/aromatic N) is 2. The van der Waals surface area contributed by atoms with Gasteiger partial charge in [-0.25, -0.2) is 0 Å². The van der Waals surface area contributed by atoms with Crippen molar-refractivity contribution < 1.29 is 9.94 Å². The first-order chi connectivity index (χ1) is 9.75. The number of likely N-dealkylation sites (tertiary alicyclic amines) is 1. The molecule has 5 heteroatoms. The molecule has 1 aromatic rings. The first-order valence-electron chi connectivity index (χ1n) is 7.17. The maximum atomic E-state index is 9.91. The average molecular weight is 277 g/mol. The maximum absolute atomic E-state index is 9.91. The molecule has 2 rings (SSSR count). The molecule has 0 bridgehead atoms. The molecule has 0 aromatic heterocycles. The number of β-amino-alcohol motifs (C(OH)–C–C–N with tert-alkyl or cyclic N) is 1. The quantitative estimate of drug-likeness (QED) is 0.465. The van der Waals surface area contributed by atoms with Gasteiger partial charge in [0.25, 0.3) is 0 Å². The highest BCUT2D eigenvalue weighted by Gasteiger charge is 2.14. The van der Waals surface area contributed by atoms with Gasteiger partial charge in [-0.2, -0.15) is 0 Å². The number of oxime groups is 1. The topological polar surface area (TPSA) is 71.1 Å². The number of amidine groups is 1. The highest BCUT2D eigenvalue weighted by Crippen LogP contribution is 2.09. The van der Waals surface area contributed by atoms with E-state index in [-0.39, 0.29) is 6.61 Å². The predicted octanol–water partition coefficient (Wildman–Crippen LogP) is 1.17. The molecular formula is C15H23N3O2. The van der Waals surface area contributed by atoms with Crippen LogP contribution in [0.1, 0.15) is 24.8 Å². The second-order valence-corrected chi connectivity index (χ2v) is 5.15. The lowest BCUT2D eigenvalue weighted by atomic mass is 10.1. The number of aliphatic hydroxyl groups is 1. The predicted molar refractivity (Wildman–Crippen MR) is 79.4 cm³/mol. The Kier molecular flexibility index (Phi) is 5.83. The van der Waals surface area contributed by atoms with E-state index in [0.717, 1.165) is 18.7 Å². The third-order valence-electron chi connectivity index (χ3n) is 3.42. The van der Waals surface area contributed by atoms with Crippen LogP contribution in [0.25, 0.3) is 0 Å². The van der Waals surface area contributed by atoms with Crippen LogP contribution in [0.2, 0.25) is 0 Å². The SMILES string of the molecule is N/C(=N\OCC(O)CN1CCCCC1)c1ccccc1. The van der Waals surface area contributed by atoms with Gasteiger partial charge in [-0.15, -0.1) is 0 Å². The van der Waals surface area contributed by atoms with Crippen LogP contribution in [0.5, 0.6) is 0 Å². The number of benzene rings is 1. The van der Waals surface area contributed by atoms with Gasteiger partial charge >= 0.3 is 0 Å². The Labute approximate surface area is 120 Å². The van der Waals surface area contributed by atoms with Crippen LogP contribution in [0.15, 0.2) is 35.5 Å². The van der Waals surface area contributed by atoms with E-state index in [4.69, 9.17) is 10.6 Å². The summed E-state index contributed by atoms with van der Waals surface area (Å²) in [6.45, 7) is 2.93. The maximum Gasteiger partial charge on any atom is 0.170 e. The molecule has 1 heterocycles. The third kappa shape index (κ3) is 4.83. The van der Waals surface area contributed by atoms with E-state index >= 15 is 0 Å². The molecule has 3 N–H and O–H groups in total. The van der Waals surface area contributed by atoms with E-state index in [0.29, 0.717) is 12.4 Å². The molecule has 1 atom stereocenters. The molecule has 110 valence electrons. The van der Waals surface area contributed by atoms with E-state index in [2.05, 4.69) is 10.1 Å². The summed E-state index contributed by atoms with van der Waals surface area (Å²) >= 11 is 0.